The second-order valence-electron chi connectivity index (χ2n) is 4.03. The Labute approximate surface area is 99.4 Å². The van der Waals surface area contributed by atoms with Gasteiger partial charge in [-0.25, -0.2) is 4.39 Å². The van der Waals surface area contributed by atoms with Crippen LogP contribution in [0.2, 0.25) is 5.02 Å². The van der Waals surface area contributed by atoms with E-state index in [2.05, 4.69) is 5.32 Å². The van der Waals surface area contributed by atoms with Crippen LogP contribution in [0.3, 0.4) is 0 Å². The third-order valence-electron chi connectivity index (χ3n) is 2.43. The summed E-state index contributed by atoms with van der Waals surface area (Å²) in [4.78, 5) is 0. The van der Waals surface area contributed by atoms with Crippen molar-refractivity contribution >= 4 is 23.0 Å². The molecular weight excluding hydrogens is 231 g/mol. The number of rotatable bonds is 4. The maximum absolute atomic E-state index is 13.0. The maximum atomic E-state index is 13.0. The molecule has 0 aliphatic carbocycles. The van der Waals surface area contributed by atoms with Crippen LogP contribution in [0.5, 0.6) is 0 Å². The third kappa shape index (κ3) is 3.00. The van der Waals surface area contributed by atoms with Gasteiger partial charge in [0.1, 0.15) is 5.82 Å². The molecule has 4 N–H and O–H groups in total. The van der Waals surface area contributed by atoms with Crippen LogP contribution in [-0.2, 0) is 0 Å². The Kier molecular flexibility index (Phi) is 4.38. The van der Waals surface area contributed by atoms with Crippen molar-refractivity contribution in [3.05, 3.63) is 23.0 Å². The number of halogens is 2. The van der Waals surface area contributed by atoms with Gasteiger partial charge in [0.25, 0.3) is 0 Å². The van der Waals surface area contributed by atoms with Crippen molar-refractivity contribution in [3.8, 4) is 0 Å². The molecule has 1 rings (SSSR count). The second-order valence-corrected chi connectivity index (χ2v) is 4.44. The molecular formula is C11H16ClFN2O. The van der Waals surface area contributed by atoms with E-state index in [-0.39, 0.29) is 29.3 Å². The van der Waals surface area contributed by atoms with Crippen LogP contribution >= 0.6 is 11.6 Å². The molecule has 16 heavy (non-hydrogen) atoms. The van der Waals surface area contributed by atoms with E-state index in [0.717, 1.165) is 0 Å². The lowest BCUT2D eigenvalue weighted by atomic mass is 10.0. The predicted octanol–water partition coefficient (Wildman–Crippen LogP) is 2.49. The summed E-state index contributed by atoms with van der Waals surface area (Å²) >= 11 is 5.66. The first-order valence-corrected chi connectivity index (χ1v) is 5.45. The highest BCUT2D eigenvalue weighted by Crippen LogP contribution is 2.27. The predicted molar refractivity (Wildman–Crippen MR) is 65.2 cm³/mol. The van der Waals surface area contributed by atoms with Gasteiger partial charge in [-0.3, -0.25) is 0 Å². The molecule has 0 saturated carbocycles. The van der Waals surface area contributed by atoms with Crippen LogP contribution in [-0.4, -0.2) is 17.8 Å². The number of anilines is 2. The smallest absolute Gasteiger partial charge is 0.143 e. The van der Waals surface area contributed by atoms with Gasteiger partial charge in [0.05, 0.1) is 29.0 Å². The summed E-state index contributed by atoms with van der Waals surface area (Å²) in [7, 11) is 0. The van der Waals surface area contributed by atoms with E-state index in [0.29, 0.717) is 5.69 Å². The number of aliphatic hydroxyl groups excluding tert-OH is 1. The number of nitrogens with two attached hydrogens (primary N) is 1. The van der Waals surface area contributed by atoms with Crippen LogP contribution < -0.4 is 11.1 Å². The molecule has 5 heteroatoms. The highest BCUT2D eigenvalue weighted by Gasteiger charge is 2.14. The Morgan fingerprint density at radius 1 is 1.50 bits per heavy atom. The van der Waals surface area contributed by atoms with Gasteiger partial charge in [-0.2, -0.15) is 0 Å². The Balaban J connectivity index is 2.92. The fourth-order valence-corrected chi connectivity index (χ4v) is 1.47. The Morgan fingerprint density at radius 2 is 2.12 bits per heavy atom. The Morgan fingerprint density at radius 3 is 2.62 bits per heavy atom. The van der Waals surface area contributed by atoms with Gasteiger partial charge in [0.2, 0.25) is 0 Å². The molecule has 90 valence electrons. The minimum absolute atomic E-state index is 0.0112. The van der Waals surface area contributed by atoms with Crippen molar-refractivity contribution in [2.24, 2.45) is 5.92 Å². The van der Waals surface area contributed by atoms with Crippen molar-refractivity contribution in [2.45, 2.75) is 19.9 Å². The van der Waals surface area contributed by atoms with E-state index in [4.69, 9.17) is 22.4 Å². The van der Waals surface area contributed by atoms with Crippen molar-refractivity contribution in [2.75, 3.05) is 17.7 Å². The standard InChI is InChI=1S/C11H16ClFN2O/c1-6(2)11(5-16)15-10-3-7(12)8(13)4-9(10)14/h3-4,6,11,15-16H,5,14H2,1-2H3. The first-order valence-electron chi connectivity index (χ1n) is 5.07. The third-order valence-corrected chi connectivity index (χ3v) is 2.72. The lowest BCUT2D eigenvalue weighted by Crippen LogP contribution is -2.29. The summed E-state index contributed by atoms with van der Waals surface area (Å²) in [5.41, 5.74) is 6.47. The molecule has 3 nitrogen and oxygen atoms in total. The summed E-state index contributed by atoms with van der Waals surface area (Å²) in [6, 6.07) is 2.46. The average Bonchev–Trinajstić information content (AvgIpc) is 2.21. The molecule has 0 amide bonds. The number of nitrogen functional groups attached to an aromatic ring is 1. The van der Waals surface area contributed by atoms with Crippen molar-refractivity contribution < 1.29 is 9.50 Å². The van der Waals surface area contributed by atoms with Crippen LogP contribution in [0.1, 0.15) is 13.8 Å². The zero-order valence-electron chi connectivity index (χ0n) is 9.30. The maximum Gasteiger partial charge on any atom is 0.143 e. The zero-order chi connectivity index (χ0) is 12.3. The monoisotopic (exact) mass is 246 g/mol. The number of aliphatic hydroxyl groups is 1. The lowest BCUT2D eigenvalue weighted by Gasteiger charge is -2.22. The summed E-state index contributed by atoms with van der Waals surface area (Å²) in [5.74, 6) is -0.317. The normalized spacial score (nSPS) is 12.9. The van der Waals surface area contributed by atoms with Gasteiger partial charge in [-0.15, -0.1) is 0 Å². The highest BCUT2D eigenvalue weighted by atomic mass is 35.5. The van der Waals surface area contributed by atoms with Crippen molar-refractivity contribution in [1.29, 1.82) is 0 Å². The van der Waals surface area contributed by atoms with E-state index in [1.165, 1.54) is 12.1 Å². The summed E-state index contributed by atoms with van der Waals surface area (Å²) in [6.07, 6.45) is 0. The fourth-order valence-electron chi connectivity index (χ4n) is 1.31. The molecule has 1 aromatic rings. The van der Waals surface area contributed by atoms with E-state index in [1.54, 1.807) is 0 Å². The molecule has 0 heterocycles. The Bertz CT molecular complexity index is 371. The second kappa shape index (κ2) is 5.37. The highest BCUT2D eigenvalue weighted by molar-refractivity contribution is 6.31. The van der Waals surface area contributed by atoms with E-state index in [1.807, 2.05) is 13.8 Å². The topological polar surface area (TPSA) is 58.3 Å². The fraction of sp³-hybridized carbons (Fsp3) is 0.455. The van der Waals surface area contributed by atoms with Crippen molar-refractivity contribution in [1.82, 2.24) is 0 Å². The largest absolute Gasteiger partial charge is 0.397 e. The molecule has 1 atom stereocenters. The summed E-state index contributed by atoms with van der Waals surface area (Å²) in [6.45, 7) is 3.91. The van der Waals surface area contributed by atoms with Crippen LogP contribution in [0.15, 0.2) is 12.1 Å². The number of hydrogen-bond acceptors (Lipinski definition) is 3. The average molecular weight is 247 g/mol. The molecule has 0 saturated heterocycles. The molecule has 1 aromatic carbocycles. The molecule has 1 unspecified atom stereocenters. The molecule has 0 fully saturated rings. The summed E-state index contributed by atoms with van der Waals surface area (Å²) in [5, 5.41) is 12.2. The van der Waals surface area contributed by atoms with E-state index >= 15 is 0 Å². The first-order chi connectivity index (χ1) is 7.45. The Hall–Kier alpha value is -1.00. The van der Waals surface area contributed by atoms with Gasteiger partial charge >= 0.3 is 0 Å². The van der Waals surface area contributed by atoms with Crippen LogP contribution in [0.4, 0.5) is 15.8 Å². The van der Waals surface area contributed by atoms with Crippen LogP contribution in [0.25, 0.3) is 0 Å². The minimum Gasteiger partial charge on any atom is -0.397 e. The number of benzene rings is 1. The molecule has 0 aliphatic heterocycles. The quantitative estimate of drug-likeness (QED) is 0.716. The number of hydrogen-bond donors (Lipinski definition) is 3. The molecule has 0 bridgehead atoms. The molecule has 0 aliphatic rings. The van der Waals surface area contributed by atoms with Crippen LogP contribution in [0, 0.1) is 11.7 Å². The van der Waals surface area contributed by atoms with E-state index in [9.17, 15) is 4.39 Å². The van der Waals surface area contributed by atoms with Gasteiger partial charge in [0, 0.05) is 6.07 Å². The van der Waals surface area contributed by atoms with E-state index < -0.39 is 5.82 Å². The minimum atomic E-state index is -0.546. The summed E-state index contributed by atoms with van der Waals surface area (Å²) < 4.78 is 13.0. The van der Waals surface area contributed by atoms with Gasteiger partial charge in [-0.05, 0) is 12.0 Å². The molecule has 0 aromatic heterocycles. The zero-order valence-corrected chi connectivity index (χ0v) is 10.1. The van der Waals surface area contributed by atoms with Gasteiger partial charge in [0.15, 0.2) is 0 Å². The lowest BCUT2D eigenvalue weighted by molar-refractivity contribution is 0.249. The van der Waals surface area contributed by atoms with Gasteiger partial charge in [-0.1, -0.05) is 25.4 Å². The first kappa shape index (κ1) is 13.1. The number of nitrogens with one attached hydrogen (secondary N) is 1. The van der Waals surface area contributed by atoms with Crippen molar-refractivity contribution in [3.63, 3.8) is 0 Å². The van der Waals surface area contributed by atoms with Gasteiger partial charge < -0.3 is 16.2 Å². The molecule has 0 radical (unpaired) electrons. The SMILES string of the molecule is CC(C)C(CO)Nc1cc(Cl)c(F)cc1N. The molecule has 0 spiro atoms.